The Morgan fingerprint density at radius 2 is 1.80 bits per heavy atom. The van der Waals surface area contributed by atoms with E-state index in [1.54, 1.807) is 12.1 Å². The van der Waals surface area contributed by atoms with Gasteiger partial charge in [-0.15, -0.1) is 0 Å². The van der Waals surface area contributed by atoms with Gasteiger partial charge < -0.3 is 10.4 Å². The molecule has 1 aliphatic carbocycles. The average molecular weight is 348 g/mol. The molecule has 0 spiro atoms. The van der Waals surface area contributed by atoms with Crippen LogP contribution in [0.4, 0.5) is 4.39 Å². The highest BCUT2D eigenvalue weighted by atomic mass is 19.1. The van der Waals surface area contributed by atoms with Crippen LogP contribution in [-0.4, -0.2) is 40.5 Å². The minimum Gasteiger partial charge on any atom is -0.481 e. The molecule has 1 aromatic rings. The van der Waals surface area contributed by atoms with E-state index in [4.69, 9.17) is 5.11 Å². The summed E-state index contributed by atoms with van der Waals surface area (Å²) in [6, 6.07) is 6.34. The summed E-state index contributed by atoms with van der Waals surface area (Å²) >= 11 is 0. The first-order valence-corrected chi connectivity index (χ1v) is 9.04. The van der Waals surface area contributed by atoms with E-state index in [1.165, 1.54) is 12.1 Å². The van der Waals surface area contributed by atoms with Gasteiger partial charge in [-0.1, -0.05) is 12.1 Å². The summed E-state index contributed by atoms with van der Waals surface area (Å²) in [5.41, 5.74) is 1.00. The zero-order valence-electron chi connectivity index (χ0n) is 14.3. The van der Waals surface area contributed by atoms with Crippen molar-refractivity contribution in [3.63, 3.8) is 0 Å². The maximum absolute atomic E-state index is 13.0. The van der Waals surface area contributed by atoms with Crippen molar-refractivity contribution >= 4 is 11.9 Å². The number of carbonyl (C=O) groups is 2. The monoisotopic (exact) mass is 348 g/mol. The third kappa shape index (κ3) is 4.57. The molecule has 0 bridgehead atoms. The van der Waals surface area contributed by atoms with Crippen molar-refractivity contribution in [1.29, 1.82) is 0 Å². The number of nitrogens with one attached hydrogen (secondary N) is 1. The van der Waals surface area contributed by atoms with Crippen molar-refractivity contribution in [2.24, 2.45) is 5.92 Å². The molecule has 1 heterocycles. The summed E-state index contributed by atoms with van der Waals surface area (Å²) in [7, 11) is 0. The molecule has 1 aromatic carbocycles. The third-order valence-corrected chi connectivity index (χ3v) is 5.39. The SMILES string of the molecule is O=C(O)C1CCC(NC(=O)[C@@H]2CCCN2Cc2ccc(F)cc2)CC1. The topological polar surface area (TPSA) is 69.6 Å². The summed E-state index contributed by atoms with van der Waals surface area (Å²) in [6.45, 7) is 1.51. The summed E-state index contributed by atoms with van der Waals surface area (Å²) in [5, 5.41) is 12.2. The number of rotatable bonds is 5. The molecule has 1 saturated carbocycles. The molecular formula is C19H25FN2O3. The van der Waals surface area contributed by atoms with Gasteiger partial charge in [0.25, 0.3) is 0 Å². The van der Waals surface area contributed by atoms with Crippen LogP contribution in [0.5, 0.6) is 0 Å². The number of carboxylic acid groups (broad SMARTS) is 1. The number of aliphatic carboxylic acids is 1. The molecule has 5 nitrogen and oxygen atoms in total. The number of likely N-dealkylation sites (tertiary alicyclic amines) is 1. The molecule has 0 unspecified atom stereocenters. The first kappa shape index (κ1) is 17.9. The van der Waals surface area contributed by atoms with Crippen molar-refractivity contribution in [2.75, 3.05) is 6.54 Å². The Hall–Kier alpha value is -1.95. The molecule has 3 rings (SSSR count). The van der Waals surface area contributed by atoms with Gasteiger partial charge in [0, 0.05) is 12.6 Å². The minimum absolute atomic E-state index is 0.0402. The molecular weight excluding hydrogens is 323 g/mol. The highest BCUT2D eigenvalue weighted by molar-refractivity contribution is 5.82. The van der Waals surface area contributed by atoms with Crippen molar-refractivity contribution < 1.29 is 19.1 Å². The van der Waals surface area contributed by atoms with Gasteiger partial charge >= 0.3 is 5.97 Å². The van der Waals surface area contributed by atoms with Crippen LogP contribution in [0.2, 0.25) is 0 Å². The summed E-state index contributed by atoms with van der Waals surface area (Å²) in [4.78, 5) is 25.8. The first-order chi connectivity index (χ1) is 12.0. The van der Waals surface area contributed by atoms with E-state index in [9.17, 15) is 14.0 Å². The third-order valence-electron chi connectivity index (χ3n) is 5.39. The first-order valence-electron chi connectivity index (χ1n) is 9.04. The van der Waals surface area contributed by atoms with Crippen LogP contribution in [0.3, 0.4) is 0 Å². The van der Waals surface area contributed by atoms with E-state index >= 15 is 0 Å². The van der Waals surface area contributed by atoms with Crippen molar-refractivity contribution in [2.45, 2.75) is 57.2 Å². The van der Waals surface area contributed by atoms with Crippen molar-refractivity contribution in [3.8, 4) is 0 Å². The molecule has 2 aliphatic rings. The van der Waals surface area contributed by atoms with Crippen LogP contribution < -0.4 is 5.32 Å². The van der Waals surface area contributed by atoms with Crippen LogP contribution >= 0.6 is 0 Å². The maximum atomic E-state index is 13.0. The number of carboxylic acids is 1. The van der Waals surface area contributed by atoms with Gasteiger partial charge in [0.15, 0.2) is 0 Å². The molecule has 1 saturated heterocycles. The molecule has 2 N–H and O–H groups in total. The lowest BCUT2D eigenvalue weighted by Gasteiger charge is -2.30. The Labute approximate surface area is 147 Å². The number of benzene rings is 1. The molecule has 0 aromatic heterocycles. The van der Waals surface area contributed by atoms with E-state index in [1.807, 2.05) is 0 Å². The Morgan fingerprint density at radius 1 is 1.12 bits per heavy atom. The molecule has 1 amide bonds. The average Bonchev–Trinajstić information content (AvgIpc) is 3.05. The Kier molecular flexibility index (Phi) is 5.68. The zero-order valence-corrected chi connectivity index (χ0v) is 14.3. The molecule has 1 aliphatic heterocycles. The van der Waals surface area contributed by atoms with Crippen molar-refractivity contribution in [3.05, 3.63) is 35.6 Å². The largest absolute Gasteiger partial charge is 0.481 e. The van der Waals surface area contributed by atoms with E-state index < -0.39 is 5.97 Å². The van der Waals surface area contributed by atoms with Gasteiger partial charge in [-0.05, 0) is 62.8 Å². The normalized spacial score (nSPS) is 27.2. The molecule has 0 radical (unpaired) electrons. The summed E-state index contributed by atoms with van der Waals surface area (Å²) in [5.74, 6) is -1.21. The van der Waals surface area contributed by atoms with Gasteiger partial charge in [0.2, 0.25) is 5.91 Å². The Bertz CT molecular complexity index is 612. The minimum atomic E-state index is -0.731. The fourth-order valence-corrected chi connectivity index (χ4v) is 3.92. The predicted molar refractivity (Wildman–Crippen MR) is 91.4 cm³/mol. The number of hydrogen-bond acceptors (Lipinski definition) is 3. The second kappa shape index (κ2) is 7.95. The maximum Gasteiger partial charge on any atom is 0.306 e. The standard InChI is InChI=1S/C19H25FN2O3/c20-15-7-3-13(4-8-15)12-22-11-1-2-17(22)18(23)21-16-9-5-14(6-10-16)19(24)25/h3-4,7-8,14,16-17H,1-2,5-6,9-12H2,(H,21,23)(H,24,25)/t14?,16?,17-/m0/s1. The summed E-state index contributed by atoms with van der Waals surface area (Å²) in [6.07, 6.45) is 4.53. The zero-order chi connectivity index (χ0) is 17.8. The highest BCUT2D eigenvalue weighted by Gasteiger charge is 2.33. The van der Waals surface area contributed by atoms with E-state index in [0.29, 0.717) is 19.4 Å². The van der Waals surface area contributed by atoms with Crippen molar-refractivity contribution in [1.82, 2.24) is 10.2 Å². The van der Waals surface area contributed by atoms with E-state index in [0.717, 1.165) is 37.8 Å². The van der Waals surface area contributed by atoms with E-state index in [-0.39, 0.29) is 29.7 Å². The van der Waals surface area contributed by atoms with Gasteiger partial charge in [0.05, 0.1) is 12.0 Å². The molecule has 2 fully saturated rings. The molecule has 1 atom stereocenters. The number of hydrogen-bond donors (Lipinski definition) is 2. The quantitative estimate of drug-likeness (QED) is 0.858. The number of carbonyl (C=O) groups excluding carboxylic acids is 1. The molecule has 136 valence electrons. The van der Waals surface area contributed by atoms with Crippen LogP contribution in [0, 0.1) is 11.7 Å². The van der Waals surface area contributed by atoms with Gasteiger partial charge in [0.1, 0.15) is 5.82 Å². The van der Waals surface area contributed by atoms with Gasteiger partial charge in [-0.3, -0.25) is 14.5 Å². The lowest BCUT2D eigenvalue weighted by Crippen LogP contribution is -2.47. The van der Waals surface area contributed by atoms with Gasteiger partial charge in [-0.2, -0.15) is 0 Å². The predicted octanol–water partition coefficient (Wildman–Crippen LogP) is 2.55. The Balaban J connectivity index is 1.52. The lowest BCUT2D eigenvalue weighted by molar-refractivity contribution is -0.142. The fourth-order valence-electron chi connectivity index (χ4n) is 3.92. The fraction of sp³-hybridized carbons (Fsp3) is 0.579. The second-order valence-corrected chi connectivity index (χ2v) is 7.15. The van der Waals surface area contributed by atoms with Crippen LogP contribution in [0.1, 0.15) is 44.1 Å². The van der Waals surface area contributed by atoms with Gasteiger partial charge in [-0.25, -0.2) is 4.39 Å². The number of amides is 1. The Morgan fingerprint density at radius 3 is 2.44 bits per heavy atom. The second-order valence-electron chi connectivity index (χ2n) is 7.15. The number of halogens is 1. The molecule has 25 heavy (non-hydrogen) atoms. The summed E-state index contributed by atoms with van der Waals surface area (Å²) < 4.78 is 13.0. The van der Waals surface area contributed by atoms with Crippen LogP contribution in [0.15, 0.2) is 24.3 Å². The lowest BCUT2D eigenvalue weighted by atomic mass is 9.86. The van der Waals surface area contributed by atoms with E-state index in [2.05, 4.69) is 10.2 Å². The smallest absolute Gasteiger partial charge is 0.306 e. The van der Waals surface area contributed by atoms with Crippen LogP contribution in [-0.2, 0) is 16.1 Å². The highest BCUT2D eigenvalue weighted by Crippen LogP contribution is 2.26. The number of nitrogens with zero attached hydrogens (tertiary/aromatic N) is 1. The van der Waals surface area contributed by atoms with Crippen LogP contribution in [0.25, 0.3) is 0 Å². The molecule has 6 heteroatoms.